The van der Waals surface area contributed by atoms with E-state index in [1.165, 1.54) is 6.92 Å². The van der Waals surface area contributed by atoms with E-state index >= 15 is 0 Å². The van der Waals surface area contributed by atoms with Crippen molar-refractivity contribution in [2.75, 3.05) is 5.32 Å². The molecule has 0 aliphatic carbocycles. The Morgan fingerprint density at radius 2 is 2.00 bits per heavy atom. The van der Waals surface area contributed by atoms with Gasteiger partial charge in [-0.15, -0.1) is 0 Å². The Hall–Kier alpha value is -2.08. The molecule has 1 amide bonds. The lowest BCUT2D eigenvalue weighted by molar-refractivity contribution is -0.160. The topological polar surface area (TPSA) is 84.9 Å². The first-order valence-electron chi connectivity index (χ1n) is 9.56. The van der Waals surface area contributed by atoms with Gasteiger partial charge in [0.05, 0.1) is 12.5 Å². The van der Waals surface area contributed by atoms with Crippen LogP contribution >= 0.6 is 0 Å². The van der Waals surface area contributed by atoms with E-state index in [-0.39, 0.29) is 30.0 Å². The van der Waals surface area contributed by atoms with Gasteiger partial charge in [-0.1, -0.05) is 0 Å². The molecule has 6 heteroatoms. The van der Waals surface area contributed by atoms with Crippen molar-refractivity contribution >= 4 is 17.6 Å². The number of anilines is 1. The number of hydrogen-bond acceptors (Lipinski definition) is 5. The van der Waals surface area contributed by atoms with Gasteiger partial charge in [0, 0.05) is 31.0 Å². The quantitative estimate of drug-likeness (QED) is 0.791. The summed E-state index contributed by atoms with van der Waals surface area (Å²) in [5, 5.41) is 12.8. The highest BCUT2D eigenvalue weighted by Gasteiger charge is 2.36. The van der Waals surface area contributed by atoms with Gasteiger partial charge in [0.1, 0.15) is 17.5 Å². The summed E-state index contributed by atoms with van der Waals surface area (Å²) < 4.78 is 11.6. The standard InChI is InChI=1S/C21H29NO5/c1-11-16(7-6-15-8-14(24)9-18(25)26-15)20-17(10-21(4,5)27-20)12(2)19(11)22-13(3)23/h14-15,24H,6-10H2,1-5H3,(H,22,23)/t14-,15-/m0/s1. The fourth-order valence-corrected chi connectivity index (χ4v) is 4.19. The van der Waals surface area contributed by atoms with Crippen molar-refractivity contribution in [3.8, 4) is 5.75 Å². The van der Waals surface area contributed by atoms with Crippen molar-refractivity contribution < 1.29 is 24.2 Å². The van der Waals surface area contributed by atoms with Crippen LogP contribution in [0.3, 0.4) is 0 Å². The monoisotopic (exact) mass is 375 g/mol. The molecule has 1 saturated heterocycles. The normalized spacial score (nSPS) is 23.4. The molecule has 0 saturated carbocycles. The van der Waals surface area contributed by atoms with Gasteiger partial charge < -0.3 is 19.9 Å². The molecule has 0 aromatic heterocycles. The Labute approximate surface area is 160 Å². The number of ether oxygens (including phenoxy) is 2. The molecule has 1 aromatic rings. The zero-order valence-corrected chi connectivity index (χ0v) is 16.8. The summed E-state index contributed by atoms with van der Waals surface area (Å²) in [6.45, 7) is 9.64. The van der Waals surface area contributed by atoms with Crippen LogP contribution in [0.15, 0.2) is 0 Å². The maximum Gasteiger partial charge on any atom is 0.308 e. The molecule has 2 N–H and O–H groups in total. The number of carbonyl (C=O) groups is 2. The molecule has 6 nitrogen and oxygen atoms in total. The molecule has 148 valence electrons. The highest BCUT2D eigenvalue weighted by atomic mass is 16.5. The van der Waals surface area contributed by atoms with Crippen molar-refractivity contribution in [3.05, 3.63) is 22.3 Å². The average molecular weight is 375 g/mol. The number of amides is 1. The number of hydrogen-bond donors (Lipinski definition) is 2. The van der Waals surface area contributed by atoms with Gasteiger partial charge in [-0.2, -0.15) is 0 Å². The van der Waals surface area contributed by atoms with Crippen LogP contribution in [-0.4, -0.2) is 34.8 Å². The van der Waals surface area contributed by atoms with Gasteiger partial charge in [-0.25, -0.2) is 0 Å². The van der Waals surface area contributed by atoms with Crippen molar-refractivity contribution in [1.82, 2.24) is 0 Å². The van der Waals surface area contributed by atoms with Crippen LogP contribution in [0.4, 0.5) is 5.69 Å². The van der Waals surface area contributed by atoms with Crippen LogP contribution in [0.5, 0.6) is 5.75 Å². The minimum atomic E-state index is -0.633. The van der Waals surface area contributed by atoms with Crippen LogP contribution in [0, 0.1) is 13.8 Å². The molecule has 2 aliphatic heterocycles. The average Bonchev–Trinajstić information content (AvgIpc) is 2.86. The Balaban J connectivity index is 1.93. The van der Waals surface area contributed by atoms with Crippen LogP contribution in [0.25, 0.3) is 0 Å². The van der Waals surface area contributed by atoms with Gasteiger partial charge in [-0.3, -0.25) is 9.59 Å². The third-order valence-corrected chi connectivity index (χ3v) is 5.44. The number of fused-ring (bicyclic) bond motifs is 1. The lowest BCUT2D eigenvalue weighted by Gasteiger charge is -2.27. The SMILES string of the molecule is CC(=O)Nc1c(C)c(CC[C@H]2C[C@H](O)CC(=O)O2)c2c(c1C)CC(C)(C)O2. The van der Waals surface area contributed by atoms with Gasteiger partial charge in [-0.05, 0) is 57.2 Å². The first-order chi connectivity index (χ1) is 12.6. The Morgan fingerprint density at radius 3 is 2.63 bits per heavy atom. The minimum Gasteiger partial charge on any atom is -0.487 e. The molecule has 2 atom stereocenters. The van der Waals surface area contributed by atoms with Crippen LogP contribution in [0.2, 0.25) is 0 Å². The summed E-state index contributed by atoms with van der Waals surface area (Å²) in [5.74, 6) is 0.447. The van der Waals surface area contributed by atoms with Crippen molar-refractivity contribution in [3.63, 3.8) is 0 Å². The molecule has 1 aromatic carbocycles. The minimum absolute atomic E-state index is 0.0689. The van der Waals surface area contributed by atoms with Gasteiger partial charge in [0.15, 0.2) is 0 Å². The second-order valence-corrected chi connectivity index (χ2v) is 8.38. The zero-order chi connectivity index (χ0) is 19.9. The largest absolute Gasteiger partial charge is 0.487 e. The lowest BCUT2D eigenvalue weighted by Crippen LogP contribution is -2.32. The number of aliphatic hydroxyl groups is 1. The Kier molecular flexibility index (Phi) is 5.21. The number of nitrogens with one attached hydrogen (secondary N) is 1. The molecule has 0 unspecified atom stereocenters. The number of rotatable bonds is 4. The van der Waals surface area contributed by atoms with E-state index in [0.29, 0.717) is 19.3 Å². The van der Waals surface area contributed by atoms with E-state index in [0.717, 1.165) is 40.1 Å². The first-order valence-corrected chi connectivity index (χ1v) is 9.56. The molecule has 1 fully saturated rings. The summed E-state index contributed by atoms with van der Waals surface area (Å²) in [4.78, 5) is 23.3. The Morgan fingerprint density at radius 1 is 1.30 bits per heavy atom. The van der Waals surface area contributed by atoms with Crippen LogP contribution < -0.4 is 10.1 Å². The number of carbonyl (C=O) groups excluding carboxylic acids is 2. The highest BCUT2D eigenvalue weighted by molar-refractivity contribution is 5.91. The van der Waals surface area contributed by atoms with Crippen molar-refractivity contribution in [2.24, 2.45) is 0 Å². The van der Waals surface area contributed by atoms with Crippen molar-refractivity contribution in [2.45, 2.75) is 84.5 Å². The summed E-state index contributed by atoms with van der Waals surface area (Å²) in [6, 6.07) is 0. The van der Waals surface area contributed by atoms with Crippen LogP contribution in [0.1, 0.15) is 62.3 Å². The lowest BCUT2D eigenvalue weighted by atomic mass is 9.89. The third kappa shape index (κ3) is 4.10. The fourth-order valence-electron chi connectivity index (χ4n) is 4.19. The van der Waals surface area contributed by atoms with E-state index in [1.54, 1.807) is 0 Å². The molecule has 0 radical (unpaired) electrons. The zero-order valence-electron chi connectivity index (χ0n) is 16.8. The number of cyclic esters (lactones) is 1. The molecule has 2 heterocycles. The molecule has 27 heavy (non-hydrogen) atoms. The molecular weight excluding hydrogens is 346 g/mol. The fraction of sp³-hybridized carbons (Fsp3) is 0.619. The van der Waals surface area contributed by atoms with Gasteiger partial charge >= 0.3 is 5.97 Å². The summed E-state index contributed by atoms with van der Waals surface area (Å²) >= 11 is 0. The van der Waals surface area contributed by atoms with E-state index in [4.69, 9.17) is 9.47 Å². The second kappa shape index (κ2) is 7.15. The first kappa shape index (κ1) is 19.7. The third-order valence-electron chi connectivity index (χ3n) is 5.44. The maximum absolute atomic E-state index is 11.7. The molecule has 0 spiro atoms. The predicted molar refractivity (Wildman–Crippen MR) is 102 cm³/mol. The summed E-state index contributed by atoms with van der Waals surface area (Å²) in [7, 11) is 0. The van der Waals surface area contributed by atoms with Gasteiger partial charge in [0.25, 0.3) is 0 Å². The predicted octanol–water partition coefficient (Wildman–Crippen LogP) is 2.97. The maximum atomic E-state index is 11.7. The van der Waals surface area contributed by atoms with Gasteiger partial charge in [0.2, 0.25) is 5.91 Å². The second-order valence-electron chi connectivity index (χ2n) is 8.38. The Bertz CT molecular complexity index is 784. The number of benzene rings is 1. The molecule has 2 aliphatic rings. The number of aliphatic hydroxyl groups excluding tert-OH is 1. The molecular formula is C21H29NO5. The molecule has 0 bridgehead atoms. The van der Waals surface area contributed by atoms with E-state index in [2.05, 4.69) is 19.2 Å². The van der Waals surface area contributed by atoms with E-state index in [1.807, 2.05) is 13.8 Å². The smallest absolute Gasteiger partial charge is 0.308 e. The molecule has 3 rings (SSSR count). The van der Waals surface area contributed by atoms with E-state index in [9.17, 15) is 14.7 Å². The number of esters is 1. The summed E-state index contributed by atoms with van der Waals surface area (Å²) in [5.41, 5.74) is 4.76. The highest BCUT2D eigenvalue weighted by Crippen LogP contribution is 2.45. The summed E-state index contributed by atoms with van der Waals surface area (Å²) in [6.07, 6.45) is 1.65. The van der Waals surface area contributed by atoms with E-state index < -0.39 is 6.10 Å². The van der Waals surface area contributed by atoms with Crippen LogP contribution in [-0.2, 0) is 27.2 Å². The van der Waals surface area contributed by atoms with Crippen molar-refractivity contribution in [1.29, 1.82) is 0 Å².